The Kier molecular flexibility index (Phi) is 4.00. The number of hydrogen-bond acceptors (Lipinski definition) is 3. The first kappa shape index (κ1) is 14.2. The number of allylic oxidation sites excluding steroid dienone is 2. The van der Waals surface area contributed by atoms with Crippen LogP contribution in [0.2, 0.25) is 0 Å². The summed E-state index contributed by atoms with van der Waals surface area (Å²) in [6, 6.07) is 8.03. The molecule has 1 saturated carbocycles. The van der Waals surface area contributed by atoms with Gasteiger partial charge < -0.3 is 10.1 Å². The molecule has 0 aromatic heterocycles. The van der Waals surface area contributed by atoms with Crippen molar-refractivity contribution in [1.82, 2.24) is 0 Å². The fourth-order valence-corrected chi connectivity index (χ4v) is 3.72. The van der Waals surface area contributed by atoms with Gasteiger partial charge in [0, 0.05) is 11.7 Å². The van der Waals surface area contributed by atoms with E-state index in [1.54, 1.807) is 6.07 Å². The third kappa shape index (κ3) is 2.97. The second-order valence-electron chi connectivity index (χ2n) is 6.18. The van der Waals surface area contributed by atoms with Crippen LogP contribution in [0.5, 0.6) is 0 Å². The lowest BCUT2D eigenvalue weighted by Gasteiger charge is -2.27. The second kappa shape index (κ2) is 5.92. The van der Waals surface area contributed by atoms with E-state index in [9.17, 15) is 4.79 Å². The molecule has 21 heavy (non-hydrogen) atoms. The van der Waals surface area contributed by atoms with Crippen LogP contribution in [-0.2, 0) is 4.74 Å². The molecule has 0 saturated heterocycles. The van der Waals surface area contributed by atoms with E-state index in [4.69, 9.17) is 4.74 Å². The Labute approximate surface area is 126 Å². The average molecular weight is 285 g/mol. The number of hydrogen-bond donors (Lipinski definition) is 1. The van der Waals surface area contributed by atoms with Crippen LogP contribution in [0.25, 0.3) is 0 Å². The fourth-order valence-electron chi connectivity index (χ4n) is 3.72. The Morgan fingerprint density at radius 1 is 1.38 bits per heavy atom. The molecule has 4 unspecified atom stereocenters. The summed E-state index contributed by atoms with van der Waals surface area (Å²) in [5.74, 6) is 1.96. The molecular formula is C18H23NO2. The zero-order valence-electron chi connectivity index (χ0n) is 12.7. The van der Waals surface area contributed by atoms with Crippen molar-refractivity contribution in [1.29, 1.82) is 0 Å². The minimum absolute atomic E-state index is 0.253. The van der Waals surface area contributed by atoms with Crippen molar-refractivity contribution in [3.8, 4) is 0 Å². The van der Waals surface area contributed by atoms with Gasteiger partial charge in [0.05, 0.1) is 12.2 Å². The van der Waals surface area contributed by atoms with E-state index < -0.39 is 0 Å². The first-order valence-electron chi connectivity index (χ1n) is 7.89. The predicted molar refractivity (Wildman–Crippen MR) is 84.3 cm³/mol. The van der Waals surface area contributed by atoms with E-state index in [1.807, 2.05) is 25.1 Å². The second-order valence-corrected chi connectivity index (χ2v) is 6.18. The highest BCUT2D eigenvalue weighted by Gasteiger charge is 2.38. The van der Waals surface area contributed by atoms with Crippen molar-refractivity contribution >= 4 is 11.7 Å². The molecular weight excluding hydrogens is 262 g/mol. The van der Waals surface area contributed by atoms with Crippen molar-refractivity contribution < 1.29 is 9.53 Å². The van der Waals surface area contributed by atoms with Crippen molar-refractivity contribution in [2.45, 2.75) is 32.7 Å². The van der Waals surface area contributed by atoms with Crippen LogP contribution in [0.3, 0.4) is 0 Å². The lowest BCUT2D eigenvalue weighted by atomic mass is 9.87. The molecule has 3 heteroatoms. The number of fused-ring (bicyclic) bond motifs is 2. The number of esters is 1. The molecule has 3 nitrogen and oxygen atoms in total. The van der Waals surface area contributed by atoms with Crippen LogP contribution in [-0.4, -0.2) is 18.6 Å². The van der Waals surface area contributed by atoms with Gasteiger partial charge in [0.2, 0.25) is 0 Å². The quantitative estimate of drug-likeness (QED) is 0.659. The monoisotopic (exact) mass is 285 g/mol. The van der Waals surface area contributed by atoms with Crippen molar-refractivity contribution in [2.24, 2.45) is 17.8 Å². The maximum absolute atomic E-state index is 11.8. The molecule has 4 atom stereocenters. The molecule has 1 aromatic rings. The highest BCUT2D eigenvalue weighted by Crippen LogP contribution is 2.45. The SMILES string of the molecule is CCOC(=O)c1cccc(NC(C)C2CC3C=CC2C3)c1. The van der Waals surface area contributed by atoms with Crippen LogP contribution in [0.1, 0.15) is 37.0 Å². The molecule has 2 aliphatic carbocycles. The maximum Gasteiger partial charge on any atom is 0.338 e. The number of anilines is 1. The van der Waals surface area contributed by atoms with Gasteiger partial charge in [-0.05, 0) is 62.6 Å². The van der Waals surface area contributed by atoms with Gasteiger partial charge in [-0.1, -0.05) is 18.2 Å². The van der Waals surface area contributed by atoms with Crippen molar-refractivity contribution in [3.05, 3.63) is 42.0 Å². The van der Waals surface area contributed by atoms with E-state index in [2.05, 4.69) is 24.4 Å². The van der Waals surface area contributed by atoms with Gasteiger partial charge in [-0.15, -0.1) is 0 Å². The summed E-state index contributed by atoms with van der Waals surface area (Å²) in [6.45, 7) is 4.48. The molecule has 1 fully saturated rings. The molecule has 2 aliphatic rings. The van der Waals surface area contributed by atoms with Gasteiger partial charge in [0.15, 0.2) is 0 Å². The Hall–Kier alpha value is -1.77. The lowest BCUT2D eigenvalue weighted by molar-refractivity contribution is 0.0526. The molecule has 3 rings (SSSR count). The smallest absolute Gasteiger partial charge is 0.338 e. The average Bonchev–Trinajstić information content (AvgIpc) is 3.10. The zero-order valence-corrected chi connectivity index (χ0v) is 12.7. The molecule has 0 spiro atoms. The Bertz CT molecular complexity index is 552. The minimum atomic E-state index is -0.253. The van der Waals surface area contributed by atoms with Gasteiger partial charge in [0.1, 0.15) is 0 Å². The molecule has 1 N–H and O–H groups in total. The third-order valence-corrected chi connectivity index (χ3v) is 4.74. The molecule has 112 valence electrons. The molecule has 0 heterocycles. The minimum Gasteiger partial charge on any atom is -0.462 e. The Balaban J connectivity index is 1.66. The van der Waals surface area contributed by atoms with Crippen LogP contribution in [0.15, 0.2) is 36.4 Å². The third-order valence-electron chi connectivity index (χ3n) is 4.74. The van der Waals surface area contributed by atoms with Gasteiger partial charge in [-0.25, -0.2) is 4.79 Å². The lowest BCUT2D eigenvalue weighted by Crippen LogP contribution is -2.28. The van der Waals surface area contributed by atoms with E-state index in [1.165, 1.54) is 12.8 Å². The fraction of sp³-hybridized carbons (Fsp3) is 0.500. The first-order chi connectivity index (χ1) is 10.2. The van der Waals surface area contributed by atoms with Gasteiger partial charge >= 0.3 is 5.97 Å². The number of nitrogens with one attached hydrogen (secondary N) is 1. The molecule has 2 bridgehead atoms. The van der Waals surface area contributed by atoms with E-state index >= 15 is 0 Å². The summed E-state index contributed by atoms with van der Waals surface area (Å²) < 4.78 is 5.05. The summed E-state index contributed by atoms with van der Waals surface area (Å²) in [7, 11) is 0. The molecule has 0 radical (unpaired) electrons. The van der Waals surface area contributed by atoms with Crippen LogP contribution >= 0.6 is 0 Å². The number of rotatable bonds is 5. The molecule has 1 aromatic carbocycles. The Morgan fingerprint density at radius 3 is 2.90 bits per heavy atom. The van der Waals surface area contributed by atoms with Crippen LogP contribution in [0, 0.1) is 17.8 Å². The standard InChI is InChI=1S/C18H23NO2/c1-3-21-18(20)15-5-4-6-16(11-15)19-12(2)17-10-13-7-8-14(17)9-13/h4-8,11-14,17,19H,3,9-10H2,1-2H3. The molecule has 0 aliphatic heterocycles. The number of benzene rings is 1. The molecule has 0 amide bonds. The highest BCUT2D eigenvalue weighted by atomic mass is 16.5. The highest BCUT2D eigenvalue weighted by molar-refractivity contribution is 5.90. The van der Waals surface area contributed by atoms with Crippen molar-refractivity contribution in [2.75, 3.05) is 11.9 Å². The maximum atomic E-state index is 11.8. The van der Waals surface area contributed by atoms with E-state index in [0.29, 0.717) is 24.1 Å². The predicted octanol–water partition coefficient (Wildman–Crippen LogP) is 3.88. The largest absolute Gasteiger partial charge is 0.462 e. The first-order valence-corrected chi connectivity index (χ1v) is 7.89. The van der Waals surface area contributed by atoms with Crippen LogP contribution < -0.4 is 5.32 Å². The number of carbonyl (C=O) groups is 1. The number of carbonyl (C=O) groups excluding carboxylic acids is 1. The summed E-state index contributed by atoms with van der Waals surface area (Å²) in [5.41, 5.74) is 1.61. The number of ether oxygens (including phenoxy) is 1. The van der Waals surface area contributed by atoms with E-state index in [-0.39, 0.29) is 5.97 Å². The summed E-state index contributed by atoms with van der Waals surface area (Å²) in [5, 5.41) is 3.56. The topological polar surface area (TPSA) is 38.3 Å². The van der Waals surface area contributed by atoms with Crippen LogP contribution in [0.4, 0.5) is 5.69 Å². The van der Waals surface area contributed by atoms with Gasteiger partial charge in [0.25, 0.3) is 0 Å². The summed E-state index contributed by atoms with van der Waals surface area (Å²) >= 11 is 0. The summed E-state index contributed by atoms with van der Waals surface area (Å²) in [4.78, 5) is 11.8. The van der Waals surface area contributed by atoms with Gasteiger partial charge in [-0.3, -0.25) is 0 Å². The zero-order chi connectivity index (χ0) is 14.8. The van der Waals surface area contributed by atoms with Gasteiger partial charge in [-0.2, -0.15) is 0 Å². The van der Waals surface area contributed by atoms with E-state index in [0.717, 1.165) is 17.5 Å². The summed E-state index contributed by atoms with van der Waals surface area (Å²) in [6.07, 6.45) is 7.35. The normalized spacial score (nSPS) is 27.6. The Morgan fingerprint density at radius 2 is 2.24 bits per heavy atom. The van der Waals surface area contributed by atoms with Crippen molar-refractivity contribution in [3.63, 3.8) is 0 Å².